The van der Waals surface area contributed by atoms with E-state index in [1.807, 2.05) is 0 Å². The molecular formula is C20H21N. The maximum absolute atomic E-state index is 2.32. The Kier molecular flexibility index (Phi) is 2.88. The Morgan fingerprint density at radius 2 is 1.81 bits per heavy atom. The van der Waals surface area contributed by atoms with E-state index in [4.69, 9.17) is 0 Å². The molecule has 21 heavy (non-hydrogen) atoms. The number of hydrogen-bond donors (Lipinski definition) is 0. The summed E-state index contributed by atoms with van der Waals surface area (Å²) < 4.78 is 2.25. The zero-order valence-electron chi connectivity index (χ0n) is 12.8. The van der Waals surface area contributed by atoms with E-state index < -0.39 is 0 Å². The summed E-state index contributed by atoms with van der Waals surface area (Å²) in [5.74, 6) is 0.846. The molecule has 0 bridgehead atoms. The summed E-state index contributed by atoms with van der Waals surface area (Å²) in [6, 6.07) is 15.8. The maximum Gasteiger partial charge on any atom is 0.0483 e. The molecule has 0 amide bonds. The van der Waals surface area contributed by atoms with Crippen LogP contribution in [0.2, 0.25) is 0 Å². The van der Waals surface area contributed by atoms with Crippen molar-refractivity contribution < 1.29 is 0 Å². The topological polar surface area (TPSA) is 4.93 Å². The maximum atomic E-state index is 2.32. The van der Waals surface area contributed by atoms with Gasteiger partial charge in [-0.1, -0.05) is 36.4 Å². The number of benzene rings is 2. The lowest BCUT2D eigenvalue weighted by Crippen LogP contribution is -1.89. The highest BCUT2D eigenvalue weighted by Crippen LogP contribution is 2.40. The van der Waals surface area contributed by atoms with Crippen LogP contribution in [0.3, 0.4) is 0 Å². The van der Waals surface area contributed by atoms with Crippen molar-refractivity contribution in [1.29, 1.82) is 0 Å². The molecule has 0 aliphatic heterocycles. The van der Waals surface area contributed by atoms with Gasteiger partial charge in [0.15, 0.2) is 0 Å². The molecule has 4 rings (SSSR count). The molecule has 1 fully saturated rings. The standard InChI is InChI=1S/C20H21N/c1-14-4-3-5-19-20(14)18(13-21(19)2)12-15-6-8-16(9-7-15)17-10-11-17/h3-9,13,17H,10-12H2,1-2H3. The minimum atomic E-state index is 0.846. The zero-order chi connectivity index (χ0) is 14.4. The van der Waals surface area contributed by atoms with Gasteiger partial charge in [0, 0.05) is 24.1 Å². The first-order valence-electron chi connectivity index (χ1n) is 7.85. The Labute approximate surface area is 126 Å². The molecule has 0 N–H and O–H groups in total. The van der Waals surface area contributed by atoms with Crippen molar-refractivity contribution in [2.75, 3.05) is 0 Å². The summed E-state index contributed by atoms with van der Waals surface area (Å²) in [5, 5.41) is 1.42. The molecule has 1 heteroatoms. The highest BCUT2D eigenvalue weighted by molar-refractivity contribution is 5.87. The summed E-state index contributed by atoms with van der Waals surface area (Å²) in [6.45, 7) is 2.21. The van der Waals surface area contributed by atoms with Crippen molar-refractivity contribution in [2.45, 2.75) is 32.1 Å². The largest absolute Gasteiger partial charge is 0.350 e. The van der Waals surface area contributed by atoms with Gasteiger partial charge >= 0.3 is 0 Å². The van der Waals surface area contributed by atoms with Crippen LogP contribution in [0.25, 0.3) is 10.9 Å². The van der Waals surface area contributed by atoms with Crippen molar-refractivity contribution in [2.24, 2.45) is 7.05 Å². The lowest BCUT2D eigenvalue weighted by atomic mass is 10.00. The average Bonchev–Trinajstić information content (AvgIpc) is 3.27. The van der Waals surface area contributed by atoms with Crippen LogP contribution < -0.4 is 0 Å². The third-order valence-corrected chi connectivity index (χ3v) is 4.72. The number of nitrogens with zero attached hydrogens (tertiary/aromatic N) is 1. The third kappa shape index (κ3) is 2.27. The third-order valence-electron chi connectivity index (χ3n) is 4.72. The molecule has 1 saturated carbocycles. The van der Waals surface area contributed by atoms with Crippen molar-refractivity contribution in [3.63, 3.8) is 0 Å². The minimum absolute atomic E-state index is 0.846. The molecule has 0 radical (unpaired) electrons. The van der Waals surface area contributed by atoms with Crippen LogP contribution in [0.4, 0.5) is 0 Å². The van der Waals surface area contributed by atoms with E-state index in [0.29, 0.717) is 0 Å². The van der Waals surface area contributed by atoms with E-state index in [2.05, 4.69) is 67.2 Å². The second-order valence-corrected chi connectivity index (χ2v) is 6.43. The van der Waals surface area contributed by atoms with Gasteiger partial charge in [0.1, 0.15) is 0 Å². The van der Waals surface area contributed by atoms with Crippen LogP contribution in [0.15, 0.2) is 48.7 Å². The molecule has 1 aliphatic carbocycles. The van der Waals surface area contributed by atoms with Crippen molar-refractivity contribution in [1.82, 2.24) is 4.57 Å². The Morgan fingerprint density at radius 1 is 1.05 bits per heavy atom. The fraction of sp³-hybridized carbons (Fsp3) is 0.300. The molecule has 1 aromatic heterocycles. The monoisotopic (exact) mass is 275 g/mol. The average molecular weight is 275 g/mol. The van der Waals surface area contributed by atoms with Gasteiger partial charge in [-0.15, -0.1) is 0 Å². The smallest absolute Gasteiger partial charge is 0.0483 e. The molecule has 3 aromatic rings. The van der Waals surface area contributed by atoms with Gasteiger partial charge in [-0.25, -0.2) is 0 Å². The molecule has 1 nitrogen and oxygen atoms in total. The zero-order valence-corrected chi connectivity index (χ0v) is 12.8. The van der Waals surface area contributed by atoms with Gasteiger partial charge in [-0.2, -0.15) is 0 Å². The van der Waals surface area contributed by atoms with Crippen molar-refractivity contribution in [3.8, 4) is 0 Å². The Bertz CT molecular complexity index is 789. The first-order valence-corrected chi connectivity index (χ1v) is 7.85. The molecule has 0 atom stereocenters. The highest BCUT2D eigenvalue weighted by atomic mass is 14.9. The molecule has 0 saturated heterocycles. The number of rotatable bonds is 3. The first kappa shape index (κ1) is 12.7. The van der Waals surface area contributed by atoms with Gasteiger partial charge in [-0.3, -0.25) is 0 Å². The van der Waals surface area contributed by atoms with Gasteiger partial charge < -0.3 is 4.57 Å². The number of hydrogen-bond acceptors (Lipinski definition) is 0. The first-order chi connectivity index (χ1) is 10.2. The quantitative estimate of drug-likeness (QED) is 0.637. The van der Waals surface area contributed by atoms with Crippen LogP contribution in [-0.2, 0) is 13.5 Å². The van der Waals surface area contributed by atoms with Crippen LogP contribution in [0.5, 0.6) is 0 Å². The summed E-state index contributed by atoms with van der Waals surface area (Å²) >= 11 is 0. The predicted molar refractivity (Wildman–Crippen MR) is 88.9 cm³/mol. The molecule has 1 aliphatic rings. The fourth-order valence-electron chi connectivity index (χ4n) is 3.41. The van der Waals surface area contributed by atoms with Crippen LogP contribution >= 0.6 is 0 Å². The molecule has 1 heterocycles. The molecular weight excluding hydrogens is 254 g/mol. The molecule has 2 aromatic carbocycles. The SMILES string of the molecule is Cc1cccc2c1c(Cc1ccc(C3CC3)cc1)cn2C. The predicted octanol–water partition coefficient (Wildman–Crippen LogP) is 4.95. The lowest BCUT2D eigenvalue weighted by Gasteiger charge is -2.04. The second-order valence-electron chi connectivity index (χ2n) is 6.43. The van der Waals surface area contributed by atoms with E-state index in [0.717, 1.165) is 12.3 Å². The van der Waals surface area contributed by atoms with Crippen LogP contribution in [-0.4, -0.2) is 4.57 Å². The fourth-order valence-corrected chi connectivity index (χ4v) is 3.41. The van der Waals surface area contributed by atoms with Gasteiger partial charge in [-0.05, 0) is 60.4 Å². The lowest BCUT2D eigenvalue weighted by molar-refractivity contribution is 0.958. The van der Waals surface area contributed by atoms with Crippen molar-refractivity contribution >= 4 is 10.9 Å². The Morgan fingerprint density at radius 3 is 2.52 bits per heavy atom. The minimum Gasteiger partial charge on any atom is -0.350 e. The van der Waals surface area contributed by atoms with E-state index in [9.17, 15) is 0 Å². The number of fused-ring (bicyclic) bond motifs is 1. The van der Waals surface area contributed by atoms with Gasteiger partial charge in [0.05, 0.1) is 0 Å². The Balaban J connectivity index is 1.70. The highest BCUT2D eigenvalue weighted by Gasteiger charge is 2.22. The normalized spacial score (nSPS) is 14.8. The van der Waals surface area contributed by atoms with E-state index in [1.165, 1.54) is 46.0 Å². The van der Waals surface area contributed by atoms with Crippen molar-refractivity contribution in [3.05, 3.63) is 70.9 Å². The molecule has 0 unspecified atom stereocenters. The molecule has 0 spiro atoms. The second kappa shape index (κ2) is 4.77. The van der Waals surface area contributed by atoms with Gasteiger partial charge in [0.25, 0.3) is 0 Å². The summed E-state index contributed by atoms with van der Waals surface area (Å²) in [7, 11) is 2.14. The van der Waals surface area contributed by atoms with Gasteiger partial charge in [0.2, 0.25) is 0 Å². The molecule has 106 valence electrons. The number of aromatic nitrogens is 1. The van der Waals surface area contributed by atoms with E-state index in [1.54, 1.807) is 0 Å². The van der Waals surface area contributed by atoms with Crippen LogP contribution in [0, 0.1) is 6.92 Å². The Hall–Kier alpha value is -2.02. The van der Waals surface area contributed by atoms with E-state index in [-0.39, 0.29) is 0 Å². The van der Waals surface area contributed by atoms with Crippen LogP contribution in [0.1, 0.15) is 41.0 Å². The number of aryl methyl sites for hydroxylation is 2. The summed E-state index contributed by atoms with van der Waals surface area (Å²) in [6.07, 6.45) is 6.06. The summed E-state index contributed by atoms with van der Waals surface area (Å²) in [5.41, 5.74) is 7.07. The summed E-state index contributed by atoms with van der Waals surface area (Å²) in [4.78, 5) is 0. The van der Waals surface area contributed by atoms with E-state index >= 15 is 0 Å².